The van der Waals surface area contributed by atoms with E-state index in [2.05, 4.69) is 41.4 Å². The van der Waals surface area contributed by atoms with Crippen molar-refractivity contribution in [2.45, 2.75) is 52.8 Å². The SMILES string of the molecule is COc1cc(CNC(=O)C2CCN(Cc3cccc(C)c3)CC2)ccc1OC(C)C. The van der Waals surface area contributed by atoms with Crippen LogP contribution in [0.15, 0.2) is 42.5 Å². The average molecular weight is 411 g/mol. The van der Waals surface area contributed by atoms with Crippen LogP contribution in [0.1, 0.15) is 43.4 Å². The Morgan fingerprint density at radius 3 is 2.53 bits per heavy atom. The lowest BCUT2D eigenvalue weighted by atomic mass is 9.95. The molecule has 5 nitrogen and oxygen atoms in total. The van der Waals surface area contributed by atoms with Gasteiger partial charge in [-0.15, -0.1) is 0 Å². The lowest BCUT2D eigenvalue weighted by Gasteiger charge is -2.31. The van der Waals surface area contributed by atoms with E-state index >= 15 is 0 Å². The van der Waals surface area contributed by atoms with Crippen molar-refractivity contribution in [2.75, 3.05) is 20.2 Å². The van der Waals surface area contributed by atoms with E-state index in [0.29, 0.717) is 12.3 Å². The average Bonchev–Trinajstić information content (AvgIpc) is 2.73. The number of ether oxygens (including phenoxy) is 2. The largest absolute Gasteiger partial charge is 0.493 e. The number of carbonyl (C=O) groups is 1. The van der Waals surface area contributed by atoms with Crippen molar-refractivity contribution in [3.63, 3.8) is 0 Å². The van der Waals surface area contributed by atoms with E-state index in [1.807, 2.05) is 32.0 Å². The van der Waals surface area contributed by atoms with E-state index in [0.717, 1.165) is 43.8 Å². The molecule has 1 N–H and O–H groups in total. The van der Waals surface area contributed by atoms with E-state index < -0.39 is 0 Å². The summed E-state index contributed by atoms with van der Waals surface area (Å²) in [6.45, 7) is 9.48. The number of aryl methyl sites for hydroxylation is 1. The minimum absolute atomic E-state index is 0.0845. The number of nitrogens with zero attached hydrogens (tertiary/aromatic N) is 1. The number of amides is 1. The molecule has 0 aromatic heterocycles. The Bertz CT molecular complexity index is 842. The van der Waals surface area contributed by atoms with Gasteiger partial charge in [0.05, 0.1) is 13.2 Å². The summed E-state index contributed by atoms with van der Waals surface area (Å²) >= 11 is 0. The zero-order valence-electron chi connectivity index (χ0n) is 18.6. The van der Waals surface area contributed by atoms with Crippen molar-refractivity contribution < 1.29 is 14.3 Å². The first-order valence-corrected chi connectivity index (χ1v) is 10.8. The molecule has 0 aliphatic carbocycles. The molecule has 1 fully saturated rings. The zero-order valence-corrected chi connectivity index (χ0v) is 18.6. The van der Waals surface area contributed by atoms with E-state index in [1.165, 1.54) is 11.1 Å². The first-order valence-electron chi connectivity index (χ1n) is 10.8. The highest BCUT2D eigenvalue weighted by molar-refractivity contribution is 5.78. The van der Waals surface area contributed by atoms with Crippen molar-refractivity contribution in [2.24, 2.45) is 5.92 Å². The lowest BCUT2D eigenvalue weighted by molar-refractivity contribution is -0.126. The molecule has 0 bridgehead atoms. The molecule has 1 saturated heterocycles. The van der Waals surface area contributed by atoms with Crippen LogP contribution in [-0.4, -0.2) is 37.1 Å². The molecule has 0 radical (unpaired) electrons. The second-order valence-electron chi connectivity index (χ2n) is 8.41. The third-order valence-corrected chi connectivity index (χ3v) is 5.50. The standard InChI is InChI=1S/C25H34N2O3/c1-18(2)30-23-9-8-20(15-24(23)29-4)16-26-25(28)22-10-12-27(13-11-22)17-21-7-5-6-19(3)14-21/h5-9,14-15,18,22H,10-13,16-17H2,1-4H3,(H,26,28). The molecule has 0 unspecified atom stereocenters. The molecule has 0 spiro atoms. The molecular formula is C25H34N2O3. The molecule has 162 valence electrons. The van der Waals surface area contributed by atoms with Gasteiger partial charge in [0.2, 0.25) is 5.91 Å². The molecule has 2 aromatic rings. The van der Waals surface area contributed by atoms with E-state index in [1.54, 1.807) is 7.11 Å². The van der Waals surface area contributed by atoms with Crippen LogP contribution in [-0.2, 0) is 17.9 Å². The van der Waals surface area contributed by atoms with Crippen molar-refractivity contribution in [1.82, 2.24) is 10.2 Å². The van der Waals surface area contributed by atoms with Gasteiger partial charge in [-0.1, -0.05) is 35.9 Å². The molecule has 1 aliphatic heterocycles. The predicted molar refractivity (Wildman–Crippen MR) is 120 cm³/mol. The number of piperidine rings is 1. The van der Waals surface area contributed by atoms with Gasteiger partial charge in [-0.25, -0.2) is 0 Å². The summed E-state index contributed by atoms with van der Waals surface area (Å²) in [5, 5.41) is 3.10. The monoisotopic (exact) mass is 410 g/mol. The van der Waals surface area contributed by atoms with Gasteiger partial charge in [0.15, 0.2) is 11.5 Å². The van der Waals surface area contributed by atoms with Crippen LogP contribution in [0.25, 0.3) is 0 Å². The summed E-state index contributed by atoms with van der Waals surface area (Å²) < 4.78 is 11.2. The fourth-order valence-corrected chi connectivity index (χ4v) is 3.93. The van der Waals surface area contributed by atoms with E-state index in [4.69, 9.17) is 9.47 Å². The van der Waals surface area contributed by atoms with Crippen LogP contribution in [0, 0.1) is 12.8 Å². The number of carbonyl (C=O) groups excluding carboxylic acids is 1. The van der Waals surface area contributed by atoms with Crippen LogP contribution >= 0.6 is 0 Å². The topological polar surface area (TPSA) is 50.8 Å². The zero-order chi connectivity index (χ0) is 21.5. The number of rotatable bonds is 8. The summed E-state index contributed by atoms with van der Waals surface area (Å²) in [5.74, 6) is 1.65. The van der Waals surface area contributed by atoms with Gasteiger partial charge in [-0.05, 0) is 70.0 Å². The maximum absolute atomic E-state index is 12.7. The van der Waals surface area contributed by atoms with E-state index in [-0.39, 0.29) is 17.9 Å². The molecule has 1 amide bonds. The lowest BCUT2D eigenvalue weighted by Crippen LogP contribution is -2.40. The maximum atomic E-state index is 12.7. The Labute approximate surface area is 180 Å². The van der Waals surface area contributed by atoms with Crippen LogP contribution in [0.4, 0.5) is 0 Å². The fourth-order valence-electron chi connectivity index (χ4n) is 3.93. The van der Waals surface area contributed by atoms with Crippen LogP contribution < -0.4 is 14.8 Å². The van der Waals surface area contributed by atoms with Gasteiger partial charge in [0, 0.05) is 19.0 Å². The van der Waals surface area contributed by atoms with Crippen molar-refractivity contribution in [1.29, 1.82) is 0 Å². The molecule has 1 heterocycles. The van der Waals surface area contributed by atoms with Crippen LogP contribution in [0.3, 0.4) is 0 Å². The minimum atomic E-state index is 0.0845. The molecule has 1 aliphatic rings. The van der Waals surface area contributed by atoms with Crippen LogP contribution in [0.5, 0.6) is 11.5 Å². The van der Waals surface area contributed by atoms with Crippen molar-refractivity contribution in [3.05, 3.63) is 59.2 Å². The number of hydrogen-bond acceptors (Lipinski definition) is 4. The number of benzene rings is 2. The van der Waals surface area contributed by atoms with Gasteiger partial charge in [-0.3, -0.25) is 9.69 Å². The predicted octanol–water partition coefficient (Wildman–Crippen LogP) is 4.32. The van der Waals surface area contributed by atoms with Gasteiger partial charge in [-0.2, -0.15) is 0 Å². The first-order chi connectivity index (χ1) is 14.4. The Morgan fingerprint density at radius 1 is 1.10 bits per heavy atom. The Hall–Kier alpha value is -2.53. The number of methoxy groups -OCH3 is 1. The summed E-state index contributed by atoms with van der Waals surface area (Å²) in [4.78, 5) is 15.1. The molecular weight excluding hydrogens is 376 g/mol. The van der Waals surface area contributed by atoms with Gasteiger partial charge < -0.3 is 14.8 Å². The number of nitrogens with one attached hydrogen (secondary N) is 1. The smallest absolute Gasteiger partial charge is 0.223 e. The number of likely N-dealkylation sites (tertiary alicyclic amines) is 1. The first kappa shape index (κ1) is 22.2. The van der Waals surface area contributed by atoms with Gasteiger partial charge in [0.1, 0.15) is 0 Å². The Kier molecular flexibility index (Phi) is 7.75. The Morgan fingerprint density at radius 2 is 1.87 bits per heavy atom. The molecule has 0 saturated carbocycles. The second-order valence-corrected chi connectivity index (χ2v) is 8.41. The summed E-state index contributed by atoms with van der Waals surface area (Å²) in [5.41, 5.74) is 3.65. The fraction of sp³-hybridized carbons (Fsp3) is 0.480. The van der Waals surface area contributed by atoms with Gasteiger partial charge >= 0.3 is 0 Å². The highest BCUT2D eigenvalue weighted by Crippen LogP contribution is 2.29. The van der Waals surface area contributed by atoms with Crippen molar-refractivity contribution in [3.8, 4) is 11.5 Å². The highest BCUT2D eigenvalue weighted by Gasteiger charge is 2.24. The molecule has 2 aromatic carbocycles. The molecule has 3 rings (SSSR count). The van der Waals surface area contributed by atoms with Crippen LogP contribution in [0.2, 0.25) is 0 Å². The summed E-state index contributed by atoms with van der Waals surface area (Å²) in [6.07, 6.45) is 1.89. The maximum Gasteiger partial charge on any atom is 0.223 e. The summed E-state index contributed by atoms with van der Waals surface area (Å²) in [6, 6.07) is 14.5. The third kappa shape index (κ3) is 6.23. The molecule has 0 atom stereocenters. The molecule has 5 heteroatoms. The highest BCUT2D eigenvalue weighted by atomic mass is 16.5. The normalized spacial score (nSPS) is 15.2. The molecule has 30 heavy (non-hydrogen) atoms. The van der Waals surface area contributed by atoms with Crippen molar-refractivity contribution >= 4 is 5.91 Å². The Balaban J connectivity index is 1.47. The second kappa shape index (κ2) is 10.5. The number of hydrogen-bond donors (Lipinski definition) is 1. The van der Waals surface area contributed by atoms with E-state index in [9.17, 15) is 4.79 Å². The van der Waals surface area contributed by atoms with Gasteiger partial charge in [0.25, 0.3) is 0 Å². The quantitative estimate of drug-likeness (QED) is 0.704. The minimum Gasteiger partial charge on any atom is -0.493 e. The summed E-state index contributed by atoms with van der Waals surface area (Å²) in [7, 11) is 1.63. The third-order valence-electron chi connectivity index (χ3n) is 5.50.